The number of benzene rings is 1. The summed E-state index contributed by atoms with van der Waals surface area (Å²) in [7, 11) is 0. The zero-order chi connectivity index (χ0) is 14.4. The minimum Gasteiger partial charge on any atom is -0.310 e. The van der Waals surface area contributed by atoms with Crippen molar-refractivity contribution in [2.24, 2.45) is 0 Å². The van der Waals surface area contributed by atoms with Crippen molar-refractivity contribution in [3.63, 3.8) is 0 Å². The minimum absolute atomic E-state index is 0.381. The Bertz CT molecular complexity index is 531. The molecule has 0 saturated heterocycles. The molecule has 1 aromatic heterocycles. The van der Waals surface area contributed by atoms with E-state index in [-0.39, 0.29) is 0 Å². The molecule has 1 unspecified atom stereocenters. The van der Waals surface area contributed by atoms with Gasteiger partial charge >= 0.3 is 0 Å². The van der Waals surface area contributed by atoms with Gasteiger partial charge in [0.15, 0.2) is 0 Å². The Hall–Kier alpha value is -1.67. The van der Waals surface area contributed by atoms with E-state index >= 15 is 0 Å². The van der Waals surface area contributed by atoms with Gasteiger partial charge in [0.05, 0.1) is 0 Å². The van der Waals surface area contributed by atoms with E-state index in [0.29, 0.717) is 6.04 Å². The fourth-order valence-electron chi connectivity index (χ4n) is 2.50. The molecule has 0 amide bonds. The summed E-state index contributed by atoms with van der Waals surface area (Å²) in [4.78, 5) is 4.57. The molecular formula is C18H24N2. The van der Waals surface area contributed by atoms with Crippen LogP contribution in [0, 0.1) is 0 Å². The van der Waals surface area contributed by atoms with Crippen molar-refractivity contribution in [1.29, 1.82) is 0 Å². The van der Waals surface area contributed by atoms with Crippen LogP contribution in [0.3, 0.4) is 0 Å². The van der Waals surface area contributed by atoms with Gasteiger partial charge in [0, 0.05) is 24.4 Å². The van der Waals surface area contributed by atoms with Crippen molar-refractivity contribution in [2.75, 3.05) is 6.54 Å². The second-order valence-corrected chi connectivity index (χ2v) is 5.17. The van der Waals surface area contributed by atoms with Gasteiger partial charge in [0.25, 0.3) is 0 Å². The minimum atomic E-state index is 0.381. The molecule has 106 valence electrons. The largest absolute Gasteiger partial charge is 0.310 e. The molecule has 0 radical (unpaired) electrons. The first kappa shape index (κ1) is 14.7. The lowest BCUT2D eigenvalue weighted by atomic mass is 9.97. The molecule has 1 atom stereocenters. The van der Waals surface area contributed by atoms with Gasteiger partial charge in [0.2, 0.25) is 0 Å². The molecule has 0 saturated carbocycles. The molecule has 2 rings (SSSR count). The molecule has 0 aliphatic carbocycles. The highest BCUT2D eigenvalue weighted by Crippen LogP contribution is 2.20. The maximum Gasteiger partial charge on any atom is 0.0447 e. The Balaban J connectivity index is 2.19. The number of aromatic nitrogens is 1. The summed E-state index contributed by atoms with van der Waals surface area (Å²) in [6.45, 7) is 7.50. The SMILES string of the molecule is CCNC(C)c1ccccc1Cc1ccc(CC)cn1. The summed E-state index contributed by atoms with van der Waals surface area (Å²) in [5, 5.41) is 3.49. The van der Waals surface area contributed by atoms with Crippen LogP contribution in [0.5, 0.6) is 0 Å². The van der Waals surface area contributed by atoms with E-state index in [9.17, 15) is 0 Å². The fourth-order valence-corrected chi connectivity index (χ4v) is 2.50. The lowest BCUT2D eigenvalue weighted by molar-refractivity contribution is 0.594. The maximum absolute atomic E-state index is 4.57. The van der Waals surface area contributed by atoms with Crippen LogP contribution in [0.15, 0.2) is 42.6 Å². The second kappa shape index (κ2) is 7.20. The van der Waals surface area contributed by atoms with E-state index < -0.39 is 0 Å². The Morgan fingerprint density at radius 3 is 2.55 bits per heavy atom. The zero-order valence-corrected chi connectivity index (χ0v) is 12.7. The highest BCUT2D eigenvalue weighted by Gasteiger charge is 2.09. The molecule has 1 heterocycles. The van der Waals surface area contributed by atoms with Crippen LogP contribution in [-0.2, 0) is 12.8 Å². The van der Waals surface area contributed by atoms with Gasteiger partial charge in [-0.1, -0.05) is 44.2 Å². The van der Waals surface area contributed by atoms with Crippen LogP contribution in [0.4, 0.5) is 0 Å². The smallest absolute Gasteiger partial charge is 0.0447 e. The van der Waals surface area contributed by atoms with E-state index in [1.807, 2.05) is 6.20 Å². The predicted molar refractivity (Wildman–Crippen MR) is 85.0 cm³/mol. The highest BCUT2D eigenvalue weighted by atomic mass is 14.9. The third kappa shape index (κ3) is 3.67. The summed E-state index contributed by atoms with van der Waals surface area (Å²) in [6.07, 6.45) is 3.93. The highest BCUT2D eigenvalue weighted by molar-refractivity contribution is 5.33. The van der Waals surface area contributed by atoms with Gasteiger partial charge in [-0.25, -0.2) is 0 Å². The average molecular weight is 268 g/mol. The van der Waals surface area contributed by atoms with Crippen molar-refractivity contribution in [1.82, 2.24) is 10.3 Å². The van der Waals surface area contributed by atoms with Gasteiger partial charge in [-0.2, -0.15) is 0 Å². The fraction of sp³-hybridized carbons (Fsp3) is 0.389. The molecule has 0 aliphatic rings. The molecule has 0 spiro atoms. The van der Waals surface area contributed by atoms with Gasteiger partial charge in [0.1, 0.15) is 0 Å². The Morgan fingerprint density at radius 1 is 1.10 bits per heavy atom. The first-order chi connectivity index (χ1) is 9.74. The molecule has 0 bridgehead atoms. The van der Waals surface area contributed by atoms with Gasteiger partial charge in [-0.15, -0.1) is 0 Å². The molecule has 1 N–H and O–H groups in total. The first-order valence-electron chi connectivity index (χ1n) is 7.49. The number of hydrogen-bond donors (Lipinski definition) is 1. The summed E-state index contributed by atoms with van der Waals surface area (Å²) >= 11 is 0. The van der Waals surface area contributed by atoms with Gasteiger partial charge < -0.3 is 5.32 Å². The average Bonchev–Trinajstić information content (AvgIpc) is 2.49. The van der Waals surface area contributed by atoms with Crippen molar-refractivity contribution in [2.45, 2.75) is 39.7 Å². The molecule has 2 aromatic rings. The summed E-state index contributed by atoms with van der Waals surface area (Å²) in [6, 6.07) is 13.3. The molecule has 2 nitrogen and oxygen atoms in total. The van der Waals surface area contributed by atoms with Crippen LogP contribution >= 0.6 is 0 Å². The van der Waals surface area contributed by atoms with Crippen LogP contribution < -0.4 is 5.32 Å². The van der Waals surface area contributed by atoms with Crippen LogP contribution in [0.25, 0.3) is 0 Å². The molecule has 2 heteroatoms. The monoisotopic (exact) mass is 268 g/mol. The number of aryl methyl sites for hydroxylation is 1. The maximum atomic E-state index is 4.57. The van der Waals surface area contributed by atoms with Crippen molar-refractivity contribution < 1.29 is 0 Å². The van der Waals surface area contributed by atoms with Gasteiger partial charge in [-0.05, 0) is 42.6 Å². The molecule has 1 aromatic carbocycles. The Kier molecular flexibility index (Phi) is 5.31. The third-order valence-electron chi connectivity index (χ3n) is 3.70. The molecule has 0 fully saturated rings. The number of nitrogens with one attached hydrogen (secondary N) is 1. The number of nitrogens with zero attached hydrogens (tertiary/aromatic N) is 1. The van der Waals surface area contributed by atoms with E-state index in [1.165, 1.54) is 16.7 Å². The van der Waals surface area contributed by atoms with Gasteiger partial charge in [-0.3, -0.25) is 4.98 Å². The van der Waals surface area contributed by atoms with Crippen LogP contribution in [0.1, 0.15) is 49.2 Å². The normalized spacial score (nSPS) is 12.3. The topological polar surface area (TPSA) is 24.9 Å². The summed E-state index contributed by atoms with van der Waals surface area (Å²) in [5.41, 5.74) is 5.16. The van der Waals surface area contributed by atoms with Crippen molar-refractivity contribution in [3.8, 4) is 0 Å². The van der Waals surface area contributed by atoms with Crippen LogP contribution in [0.2, 0.25) is 0 Å². The first-order valence-corrected chi connectivity index (χ1v) is 7.49. The van der Waals surface area contributed by atoms with Crippen LogP contribution in [-0.4, -0.2) is 11.5 Å². The molecule has 0 aliphatic heterocycles. The molecule has 20 heavy (non-hydrogen) atoms. The summed E-state index contributed by atoms with van der Waals surface area (Å²) < 4.78 is 0. The Labute approximate surface area is 122 Å². The standard InChI is InChI=1S/C18H24N2/c1-4-15-10-11-17(20-13-15)12-16-8-6-7-9-18(16)14(3)19-5-2/h6-11,13-14,19H,4-5,12H2,1-3H3. The summed E-state index contributed by atoms with van der Waals surface area (Å²) in [5.74, 6) is 0. The van der Waals surface area contributed by atoms with E-state index in [2.05, 4.69) is 67.5 Å². The van der Waals surface area contributed by atoms with E-state index in [4.69, 9.17) is 0 Å². The van der Waals surface area contributed by atoms with Crippen molar-refractivity contribution in [3.05, 3.63) is 65.0 Å². The lowest BCUT2D eigenvalue weighted by Gasteiger charge is -2.17. The molecular weight excluding hydrogens is 244 g/mol. The Morgan fingerprint density at radius 2 is 1.90 bits per heavy atom. The number of rotatable bonds is 6. The number of hydrogen-bond acceptors (Lipinski definition) is 2. The second-order valence-electron chi connectivity index (χ2n) is 5.17. The third-order valence-corrected chi connectivity index (χ3v) is 3.70. The van der Waals surface area contributed by atoms with E-state index in [1.54, 1.807) is 0 Å². The number of pyridine rings is 1. The van der Waals surface area contributed by atoms with Crippen molar-refractivity contribution >= 4 is 0 Å². The lowest BCUT2D eigenvalue weighted by Crippen LogP contribution is -2.19. The van der Waals surface area contributed by atoms with E-state index in [0.717, 1.165) is 25.1 Å². The quantitative estimate of drug-likeness (QED) is 0.859. The predicted octanol–water partition coefficient (Wildman–Crippen LogP) is 3.91. The zero-order valence-electron chi connectivity index (χ0n) is 12.7.